The number of carbonyl (C=O) groups excluding carboxylic acids is 2. The fourth-order valence-corrected chi connectivity index (χ4v) is 6.22. The van der Waals surface area contributed by atoms with Crippen LogP contribution in [0.25, 0.3) is 22.2 Å². The van der Waals surface area contributed by atoms with Crippen LogP contribution in [0.1, 0.15) is 54.9 Å². The van der Waals surface area contributed by atoms with Crippen molar-refractivity contribution in [1.82, 2.24) is 20.1 Å². The molecule has 1 aliphatic heterocycles. The van der Waals surface area contributed by atoms with Gasteiger partial charge in [-0.25, -0.2) is 4.98 Å². The number of piperazine rings is 1. The van der Waals surface area contributed by atoms with Crippen LogP contribution < -0.4 is 5.32 Å². The second kappa shape index (κ2) is 14.0. The number of para-hydroxylation sites is 1. The van der Waals surface area contributed by atoms with Crippen molar-refractivity contribution in [2.45, 2.75) is 51.6 Å². The van der Waals surface area contributed by atoms with Crippen molar-refractivity contribution in [3.8, 4) is 11.3 Å². The van der Waals surface area contributed by atoms with E-state index in [0.29, 0.717) is 44.3 Å². The molecule has 2 aromatic carbocycles. The number of ether oxygens (including phenoxy) is 1. The van der Waals surface area contributed by atoms with Crippen LogP contribution in [0, 0.1) is 5.92 Å². The Hall–Kier alpha value is -3.33. The van der Waals surface area contributed by atoms with Gasteiger partial charge in [-0.15, -0.1) is 0 Å². The van der Waals surface area contributed by atoms with Gasteiger partial charge < -0.3 is 20.1 Å². The molecular formula is C33H42N4O4. The van der Waals surface area contributed by atoms with Gasteiger partial charge in [0.2, 0.25) is 5.91 Å². The van der Waals surface area contributed by atoms with Gasteiger partial charge in [-0.2, -0.15) is 0 Å². The highest BCUT2D eigenvalue weighted by molar-refractivity contribution is 6.09. The molecular weight excluding hydrogens is 516 g/mol. The molecule has 0 spiro atoms. The number of benzene rings is 2. The first kappa shape index (κ1) is 29.2. The van der Waals surface area contributed by atoms with Crippen LogP contribution in [0.15, 0.2) is 54.6 Å². The molecule has 8 heteroatoms. The molecule has 2 heterocycles. The molecule has 218 valence electrons. The molecule has 1 saturated heterocycles. The highest BCUT2D eigenvalue weighted by Gasteiger charge is 2.29. The minimum atomic E-state index is -0.0696. The molecule has 2 N–H and O–H groups in total. The molecule has 1 saturated carbocycles. The molecule has 2 aliphatic rings. The Balaban J connectivity index is 1.47. The van der Waals surface area contributed by atoms with Crippen LogP contribution in [0.2, 0.25) is 0 Å². The number of fused-ring (bicyclic) bond motifs is 1. The van der Waals surface area contributed by atoms with Crippen molar-refractivity contribution < 1.29 is 19.4 Å². The Morgan fingerprint density at radius 3 is 2.56 bits per heavy atom. The van der Waals surface area contributed by atoms with Gasteiger partial charge in [-0.3, -0.25) is 14.5 Å². The number of amides is 2. The van der Waals surface area contributed by atoms with Gasteiger partial charge in [-0.05, 0) is 31.7 Å². The van der Waals surface area contributed by atoms with E-state index in [2.05, 4.69) is 17.1 Å². The largest absolute Gasteiger partial charge is 0.394 e. The van der Waals surface area contributed by atoms with Gasteiger partial charge in [0.25, 0.3) is 5.91 Å². The Labute approximate surface area is 242 Å². The summed E-state index contributed by atoms with van der Waals surface area (Å²) in [6.07, 6.45) is 6.02. The van der Waals surface area contributed by atoms with E-state index < -0.39 is 0 Å². The number of hydrogen-bond acceptors (Lipinski definition) is 6. The fourth-order valence-electron chi connectivity index (χ4n) is 6.22. The van der Waals surface area contributed by atoms with E-state index in [1.807, 2.05) is 59.5 Å². The molecule has 1 aliphatic carbocycles. The first-order valence-corrected chi connectivity index (χ1v) is 15.0. The summed E-state index contributed by atoms with van der Waals surface area (Å²) in [5, 5.41) is 13.1. The SMILES string of the molecule is C[C@H](NC(=O)c1c(CN2CCN(CCOCCO)C(=O)C2)c(-c2ccccc2)nc2ccccc12)C1CCCCC1. The lowest BCUT2D eigenvalue weighted by Crippen LogP contribution is -2.51. The summed E-state index contributed by atoms with van der Waals surface area (Å²) < 4.78 is 5.37. The number of carbonyl (C=O) groups is 2. The number of aliphatic hydroxyl groups is 1. The number of rotatable bonds is 11. The molecule has 0 bridgehead atoms. The number of nitrogens with one attached hydrogen (secondary N) is 1. The van der Waals surface area contributed by atoms with E-state index in [9.17, 15) is 9.59 Å². The predicted octanol–water partition coefficient (Wildman–Crippen LogP) is 4.25. The first-order chi connectivity index (χ1) is 20.0. The van der Waals surface area contributed by atoms with Crippen LogP contribution >= 0.6 is 0 Å². The smallest absolute Gasteiger partial charge is 0.252 e. The molecule has 0 radical (unpaired) electrons. The maximum atomic E-state index is 14.2. The summed E-state index contributed by atoms with van der Waals surface area (Å²) in [6, 6.07) is 18.0. The minimum absolute atomic E-state index is 0.0272. The third-order valence-corrected chi connectivity index (χ3v) is 8.50. The van der Waals surface area contributed by atoms with Crippen LogP contribution in [-0.2, 0) is 16.1 Å². The van der Waals surface area contributed by atoms with Crippen molar-refractivity contribution in [2.75, 3.05) is 46.0 Å². The molecule has 2 fully saturated rings. The molecule has 2 amide bonds. The topological polar surface area (TPSA) is 95.0 Å². The van der Waals surface area contributed by atoms with Crippen molar-refractivity contribution in [2.24, 2.45) is 5.92 Å². The monoisotopic (exact) mass is 558 g/mol. The van der Waals surface area contributed by atoms with Crippen LogP contribution in [-0.4, -0.2) is 83.7 Å². The Morgan fingerprint density at radius 2 is 1.80 bits per heavy atom. The Morgan fingerprint density at radius 1 is 1.05 bits per heavy atom. The second-order valence-electron chi connectivity index (χ2n) is 11.3. The number of nitrogens with zero attached hydrogens (tertiary/aromatic N) is 3. The zero-order valence-electron chi connectivity index (χ0n) is 24.1. The molecule has 3 aromatic rings. The van der Waals surface area contributed by atoms with E-state index in [1.165, 1.54) is 19.3 Å². The summed E-state index contributed by atoms with van der Waals surface area (Å²) in [5.41, 5.74) is 4.04. The third kappa shape index (κ3) is 7.12. The van der Waals surface area contributed by atoms with Crippen LogP contribution in [0.4, 0.5) is 0 Å². The Kier molecular flexibility index (Phi) is 9.98. The molecule has 1 atom stereocenters. The highest BCUT2D eigenvalue weighted by atomic mass is 16.5. The molecule has 0 unspecified atom stereocenters. The average molecular weight is 559 g/mol. The summed E-state index contributed by atoms with van der Waals surface area (Å²) in [4.78, 5) is 36.2. The highest BCUT2D eigenvalue weighted by Crippen LogP contribution is 2.33. The van der Waals surface area contributed by atoms with E-state index in [-0.39, 0.29) is 37.6 Å². The van der Waals surface area contributed by atoms with E-state index >= 15 is 0 Å². The lowest BCUT2D eigenvalue weighted by Gasteiger charge is -2.35. The summed E-state index contributed by atoms with van der Waals surface area (Å²) in [6.45, 7) is 5.28. The van der Waals surface area contributed by atoms with Crippen molar-refractivity contribution in [3.05, 3.63) is 65.7 Å². The van der Waals surface area contributed by atoms with Gasteiger partial charge >= 0.3 is 0 Å². The van der Waals surface area contributed by atoms with Crippen LogP contribution in [0.3, 0.4) is 0 Å². The molecule has 1 aromatic heterocycles. The van der Waals surface area contributed by atoms with E-state index in [1.54, 1.807) is 0 Å². The van der Waals surface area contributed by atoms with E-state index in [4.69, 9.17) is 14.8 Å². The lowest BCUT2D eigenvalue weighted by atomic mass is 9.84. The van der Waals surface area contributed by atoms with Gasteiger partial charge in [0.15, 0.2) is 0 Å². The molecule has 41 heavy (non-hydrogen) atoms. The number of pyridine rings is 1. The summed E-state index contributed by atoms with van der Waals surface area (Å²) in [7, 11) is 0. The summed E-state index contributed by atoms with van der Waals surface area (Å²) >= 11 is 0. The maximum Gasteiger partial charge on any atom is 0.252 e. The number of aliphatic hydroxyl groups excluding tert-OH is 1. The normalized spacial score (nSPS) is 17.6. The number of aromatic nitrogens is 1. The standard InChI is InChI=1S/C33H42N4O4/c1-24(25-10-4-2-5-11-25)34-33(40)31-27-14-8-9-15-29(27)35-32(26-12-6-3-7-13-26)28(31)22-36-16-17-37(30(39)23-36)18-20-41-21-19-38/h3,6-9,12-15,24-25,38H,2,4-5,10-11,16-23H2,1H3,(H,34,40)/t24-/m0/s1. The van der Waals surface area contributed by atoms with Crippen molar-refractivity contribution >= 4 is 22.7 Å². The summed E-state index contributed by atoms with van der Waals surface area (Å²) in [5.74, 6) is 0.459. The zero-order chi connectivity index (χ0) is 28.6. The Bertz CT molecular complexity index is 1330. The lowest BCUT2D eigenvalue weighted by molar-refractivity contribution is -0.137. The molecule has 5 rings (SSSR count). The maximum absolute atomic E-state index is 14.2. The van der Waals surface area contributed by atoms with Gasteiger partial charge in [0, 0.05) is 48.7 Å². The van der Waals surface area contributed by atoms with E-state index in [0.717, 1.165) is 40.6 Å². The zero-order valence-corrected chi connectivity index (χ0v) is 24.1. The van der Waals surface area contributed by atoms with Gasteiger partial charge in [0.05, 0.1) is 43.1 Å². The van der Waals surface area contributed by atoms with Crippen LogP contribution in [0.5, 0.6) is 0 Å². The molecule has 8 nitrogen and oxygen atoms in total. The minimum Gasteiger partial charge on any atom is -0.394 e. The van der Waals surface area contributed by atoms with Crippen molar-refractivity contribution in [1.29, 1.82) is 0 Å². The van der Waals surface area contributed by atoms with Gasteiger partial charge in [0.1, 0.15) is 0 Å². The number of hydrogen-bond donors (Lipinski definition) is 2. The predicted molar refractivity (Wildman–Crippen MR) is 160 cm³/mol. The first-order valence-electron chi connectivity index (χ1n) is 15.0. The average Bonchev–Trinajstić information content (AvgIpc) is 3.00. The quantitative estimate of drug-likeness (QED) is 0.342. The second-order valence-corrected chi connectivity index (χ2v) is 11.3. The van der Waals surface area contributed by atoms with Crippen molar-refractivity contribution in [3.63, 3.8) is 0 Å². The third-order valence-electron chi connectivity index (χ3n) is 8.50. The van der Waals surface area contributed by atoms with Gasteiger partial charge in [-0.1, -0.05) is 67.8 Å². The fraction of sp³-hybridized carbons (Fsp3) is 0.485.